The highest BCUT2D eigenvalue weighted by Crippen LogP contribution is 2.42. The lowest BCUT2D eigenvalue weighted by atomic mass is 9.87. The second-order valence-electron chi connectivity index (χ2n) is 8.92. The van der Waals surface area contributed by atoms with Gasteiger partial charge in [0.2, 0.25) is 21.8 Å². The van der Waals surface area contributed by atoms with E-state index in [4.69, 9.17) is 0 Å². The molecule has 3 saturated heterocycles. The molecule has 1 aromatic rings. The van der Waals surface area contributed by atoms with Gasteiger partial charge in [0.15, 0.2) is 0 Å². The van der Waals surface area contributed by atoms with Crippen molar-refractivity contribution in [2.24, 2.45) is 17.8 Å². The van der Waals surface area contributed by atoms with Crippen LogP contribution in [0, 0.1) is 17.8 Å². The van der Waals surface area contributed by atoms with E-state index in [1.165, 1.54) is 5.56 Å². The van der Waals surface area contributed by atoms with E-state index in [0.717, 1.165) is 17.1 Å². The summed E-state index contributed by atoms with van der Waals surface area (Å²) in [6.07, 6.45) is 1.61. The number of halogens is 1. The Kier molecular flexibility index (Phi) is 6.51. The smallest absolute Gasteiger partial charge is 0.241 e. The fraction of sp³-hybridized carbons (Fsp3) is 0.619. The third-order valence-electron chi connectivity index (χ3n) is 6.51. The van der Waals surface area contributed by atoms with Crippen LogP contribution >= 0.6 is 12.4 Å². The van der Waals surface area contributed by atoms with E-state index < -0.39 is 22.0 Å². The minimum atomic E-state index is -3.64. The number of carbonyl (C=O) groups is 2. The van der Waals surface area contributed by atoms with Gasteiger partial charge >= 0.3 is 0 Å². The van der Waals surface area contributed by atoms with E-state index in [9.17, 15) is 18.0 Å². The van der Waals surface area contributed by atoms with Crippen LogP contribution in [-0.4, -0.2) is 72.3 Å². The first-order valence-electron chi connectivity index (χ1n) is 10.3. The third kappa shape index (κ3) is 3.97. The average Bonchev–Trinajstić information content (AvgIpc) is 3.13. The van der Waals surface area contributed by atoms with Crippen LogP contribution in [0.3, 0.4) is 0 Å². The first-order chi connectivity index (χ1) is 13.7. The van der Waals surface area contributed by atoms with Crippen LogP contribution in [-0.2, 0) is 26.2 Å². The maximum atomic E-state index is 13.2. The van der Waals surface area contributed by atoms with Crippen molar-refractivity contribution in [1.82, 2.24) is 14.1 Å². The van der Waals surface area contributed by atoms with Crippen molar-refractivity contribution >= 4 is 34.2 Å². The number of sulfonamides is 1. The molecule has 1 aromatic carbocycles. The normalized spacial score (nSPS) is 27.2. The highest BCUT2D eigenvalue weighted by Gasteiger charge is 2.59. The largest absolute Gasteiger partial charge is 0.336 e. The van der Waals surface area contributed by atoms with Crippen LogP contribution in [0.2, 0.25) is 0 Å². The standard InChI is InChI=1S/C21H29N3O4S.ClH/c1-14(2)18-19-17(24(21(18)26)29(3,27)28)9-10-23(19)20(25)16-12-22(13-16)11-15-7-5-4-6-8-15;/h4-8,14,16-19H,9-13H2,1-3H3;1H/t17-,18+,19-;/m0./s1. The van der Waals surface area contributed by atoms with Crippen LogP contribution in [0.5, 0.6) is 0 Å². The highest BCUT2D eigenvalue weighted by atomic mass is 35.5. The maximum Gasteiger partial charge on any atom is 0.241 e. The lowest BCUT2D eigenvalue weighted by Crippen LogP contribution is -2.56. The minimum Gasteiger partial charge on any atom is -0.336 e. The lowest BCUT2D eigenvalue weighted by Gasteiger charge is -2.41. The summed E-state index contributed by atoms with van der Waals surface area (Å²) in [5.74, 6) is -0.842. The number of fused-ring (bicyclic) bond motifs is 1. The van der Waals surface area contributed by atoms with Gasteiger partial charge in [-0.15, -0.1) is 12.4 Å². The van der Waals surface area contributed by atoms with E-state index in [-0.39, 0.29) is 42.1 Å². The van der Waals surface area contributed by atoms with Gasteiger partial charge in [-0.05, 0) is 17.9 Å². The molecule has 3 atom stereocenters. The van der Waals surface area contributed by atoms with Crippen molar-refractivity contribution in [3.05, 3.63) is 35.9 Å². The zero-order valence-electron chi connectivity index (χ0n) is 17.6. The topological polar surface area (TPSA) is 78.0 Å². The Balaban J connectivity index is 0.00000256. The number of nitrogens with zero attached hydrogens (tertiary/aromatic N) is 3. The zero-order chi connectivity index (χ0) is 20.9. The summed E-state index contributed by atoms with van der Waals surface area (Å²) < 4.78 is 25.5. The van der Waals surface area contributed by atoms with E-state index >= 15 is 0 Å². The van der Waals surface area contributed by atoms with Crippen molar-refractivity contribution in [3.63, 3.8) is 0 Å². The summed E-state index contributed by atoms with van der Waals surface area (Å²) in [5.41, 5.74) is 1.23. The molecule has 0 unspecified atom stereocenters. The number of benzene rings is 1. The molecule has 166 valence electrons. The summed E-state index contributed by atoms with van der Waals surface area (Å²) in [4.78, 5) is 30.2. The van der Waals surface area contributed by atoms with E-state index in [2.05, 4.69) is 17.0 Å². The van der Waals surface area contributed by atoms with Gasteiger partial charge in [0, 0.05) is 26.2 Å². The lowest BCUT2D eigenvalue weighted by molar-refractivity contribution is -0.143. The molecule has 4 rings (SSSR count). The Morgan fingerprint density at radius 2 is 1.80 bits per heavy atom. The predicted octanol–water partition coefficient (Wildman–Crippen LogP) is 1.58. The summed E-state index contributed by atoms with van der Waals surface area (Å²) in [5, 5.41) is 0. The summed E-state index contributed by atoms with van der Waals surface area (Å²) in [6.45, 7) is 6.61. The van der Waals surface area contributed by atoms with Gasteiger partial charge in [0.25, 0.3) is 0 Å². The molecule has 3 aliphatic heterocycles. The van der Waals surface area contributed by atoms with Crippen LogP contribution in [0.1, 0.15) is 25.8 Å². The van der Waals surface area contributed by atoms with Crippen LogP contribution in [0.4, 0.5) is 0 Å². The Bertz CT molecular complexity index is 902. The fourth-order valence-electron chi connectivity index (χ4n) is 5.22. The molecule has 0 N–H and O–H groups in total. The van der Waals surface area contributed by atoms with Crippen molar-refractivity contribution < 1.29 is 18.0 Å². The molecular weight excluding hydrogens is 426 g/mol. The second kappa shape index (κ2) is 8.48. The molecule has 0 saturated carbocycles. The second-order valence-corrected chi connectivity index (χ2v) is 10.8. The molecule has 0 radical (unpaired) electrons. The molecule has 3 heterocycles. The summed E-state index contributed by atoms with van der Waals surface area (Å²) in [7, 11) is -3.64. The molecule has 3 aliphatic rings. The van der Waals surface area contributed by atoms with Crippen molar-refractivity contribution in [2.45, 2.75) is 38.9 Å². The van der Waals surface area contributed by atoms with Gasteiger partial charge < -0.3 is 4.90 Å². The molecule has 0 bridgehead atoms. The van der Waals surface area contributed by atoms with Crippen molar-refractivity contribution in [2.75, 3.05) is 25.9 Å². The molecule has 3 fully saturated rings. The molecule has 0 spiro atoms. The quantitative estimate of drug-likeness (QED) is 0.673. The molecule has 0 aromatic heterocycles. The van der Waals surface area contributed by atoms with Gasteiger partial charge in [-0.3, -0.25) is 14.5 Å². The molecule has 7 nitrogen and oxygen atoms in total. The predicted molar refractivity (Wildman–Crippen MR) is 116 cm³/mol. The van der Waals surface area contributed by atoms with Gasteiger partial charge in [0.1, 0.15) is 0 Å². The SMILES string of the molecule is CC(C)[C@H]1C(=O)N(S(C)(=O)=O)[C@H]2CCN(C(=O)C3CN(Cc4ccccc4)C3)[C@H]12.Cl. The van der Waals surface area contributed by atoms with Gasteiger partial charge in [0.05, 0.1) is 30.2 Å². The Morgan fingerprint density at radius 1 is 1.17 bits per heavy atom. The van der Waals surface area contributed by atoms with Crippen LogP contribution in [0.15, 0.2) is 30.3 Å². The number of hydrogen-bond acceptors (Lipinski definition) is 5. The molecule has 0 aliphatic carbocycles. The van der Waals surface area contributed by atoms with Crippen molar-refractivity contribution in [3.8, 4) is 0 Å². The monoisotopic (exact) mass is 455 g/mol. The van der Waals surface area contributed by atoms with E-state index in [1.807, 2.05) is 36.9 Å². The molecular formula is C21H30ClN3O4S. The Hall–Kier alpha value is -1.64. The first-order valence-corrected chi connectivity index (χ1v) is 12.1. The fourth-order valence-corrected chi connectivity index (χ4v) is 6.39. The van der Waals surface area contributed by atoms with Crippen LogP contribution < -0.4 is 0 Å². The molecule has 9 heteroatoms. The van der Waals surface area contributed by atoms with Gasteiger partial charge in [-0.2, -0.15) is 0 Å². The number of carbonyl (C=O) groups excluding carboxylic acids is 2. The highest BCUT2D eigenvalue weighted by molar-refractivity contribution is 7.88. The van der Waals surface area contributed by atoms with Gasteiger partial charge in [-0.1, -0.05) is 44.2 Å². The molecule has 30 heavy (non-hydrogen) atoms. The maximum absolute atomic E-state index is 13.2. The number of likely N-dealkylation sites (tertiary alicyclic amines) is 2. The average molecular weight is 456 g/mol. The Labute approximate surface area is 184 Å². The first kappa shape index (κ1) is 23.0. The van der Waals surface area contributed by atoms with E-state index in [0.29, 0.717) is 26.1 Å². The summed E-state index contributed by atoms with van der Waals surface area (Å²) in [6, 6.07) is 9.41. The van der Waals surface area contributed by atoms with Crippen LogP contribution in [0.25, 0.3) is 0 Å². The zero-order valence-corrected chi connectivity index (χ0v) is 19.2. The summed E-state index contributed by atoms with van der Waals surface area (Å²) >= 11 is 0. The van der Waals surface area contributed by atoms with Gasteiger partial charge in [-0.25, -0.2) is 12.7 Å². The minimum absolute atomic E-state index is 0. The number of rotatable bonds is 5. The number of hydrogen-bond donors (Lipinski definition) is 0. The molecule has 2 amide bonds. The Morgan fingerprint density at radius 3 is 2.37 bits per heavy atom. The van der Waals surface area contributed by atoms with Crippen molar-refractivity contribution in [1.29, 1.82) is 0 Å². The third-order valence-corrected chi connectivity index (χ3v) is 7.67. The van der Waals surface area contributed by atoms with E-state index in [1.54, 1.807) is 0 Å². The number of amides is 2.